The lowest BCUT2D eigenvalue weighted by Crippen LogP contribution is -2.56. The molecule has 3 fully saturated rings. The molecule has 2 heterocycles. The topological polar surface area (TPSA) is 29.1 Å². The lowest BCUT2D eigenvalue weighted by molar-refractivity contribution is -0.122. The molecular formula is C10H17NO. The van der Waals surface area contributed by atoms with Gasteiger partial charge in [-0.15, -0.1) is 0 Å². The van der Waals surface area contributed by atoms with E-state index in [-0.39, 0.29) is 5.91 Å². The molecular weight excluding hydrogens is 150 g/mol. The number of hydrogen-bond donors (Lipinski definition) is 1. The van der Waals surface area contributed by atoms with E-state index in [1.54, 1.807) is 0 Å². The third-order valence-electron chi connectivity index (χ3n) is 3.87. The van der Waals surface area contributed by atoms with Crippen LogP contribution in [0.3, 0.4) is 0 Å². The number of amides is 1. The van der Waals surface area contributed by atoms with Crippen molar-refractivity contribution in [1.29, 1.82) is 0 Å². The van der Waals surface area contributed by atoms with Crippen LogP contribution in [0, 0.1) is 17.3 Å². The molecule has 3 aliphatic rings. The minimum atomic E-state index is 0.251. The van der Waals surface area contributed by atoms with E-state index in [4.69, 9.17) is 0 Å². The Bertz CT molecular complexity index is 222. The molecule has 2 saturated heterocycles. The van der Waals surface area contributed by atoms with Gasteiger partial charge in [0.1, 0.15) is 0 Å². The average molecular weight is 167 g/mol. The van der Waals surface area contributed by atoms with Crippen LogP contribution in [0.4, 0.5) is 0 Å². The molecule has 0 aromatic rings. The van der Waals surface area contributed by atoms with Crippen LogP contribution in [-0.2, 0) is 4.79 Å². The number of hydrogen-bond acceptors (Lipinski definition) is 1. The van der Waals surface area contributed by atoms with Crippen molar-refractivity contribution < 1.29 is 4.79 Å². The van der Waals surface area contributed by atoms with Crippen molar-refractivity contribution in [3.63, 3.8) is 0 Å². The Morgan fingerprint density at radius 3 is 2.75 bits per heavy atom. The average Bonchev–Trinajstić information content (AvgIpc) is 2.14. The molecule has 68 valence electrons. The van der Waals surface area contributed by atoms with E-state index in [2.05, 4.69) is 26.1 Å². The normalized spacial score (nSPS) is 44.2. The molecule has 1 N–H and O–H groups in total. The molecule has 2 bridgehead atoms. The first kappa shape index (κ1) is 8.09. The summed E-state index contributed by atoms with van der Waals surface area (Å²) in [4.78, 5) is 11.3. The molecule has 2 aliphatic heterocycles. The van der Waals surface area contributed by atoms with Crippen LogP contribution in [0.2, 0.25) is 0 Å². The third-order valence-corrected chi connectivity index (χ3v) is 3.87. The van der Waals surface area contributed by atoms with Gasteiger partial charge in [0.2, 0.25) is 5.91 Å². The largest absolute Gasteiger partial charge is 0.353 e. The standard InChI is InChI=1S/C10H17NO/c1-6-4-9(12)11-8-5-7(6)10(8,2)3/h6-8H,4-5H2,1-3H3,(H,11,12)/t6-,7-,8-/m1/s1. The zero-order chi connectivity index (χ0) is 8.93. The summed E-state index contributed by atoms with van der Waals surface area (Å²) in [6.45, 7) is 6.75. The summed E-state index contributed by atoms with van der Waals surface area (Å²) >= 11 is 0. The van der Waals surface area contributed by atoms with Crippen LogP contribution in [0.5, 0.6) is 0 Å². The van der Waals surface area contributed by atoms with Gasteiger partial charge in [-0.2, -0.15) is 0 Å². The van der Waals surface area contributed by atoms with Crippen LogP contribution in [0.25, 0.3) is 0 Å². The van der Waals surface area contributed by atoms with E-state index in [1.165, 1.54) is 6.42 Å². The second-order valence-corrected chi connectivity index (χ2v) is 4.97. The number of nitrogens with one attached hydrogen (secondary N) is 1. The SMILES string of the molecule is C[C@@H]1CC(=O)N[C@@H]2C[C@H]1C2(C)C. The van der Waals surface area contributed by atoms with Gasteiger partial charge in [-0.1, -0.05) is 20.8 Å². The van der Waals surface area contributed by atoms with Crippen molar-refractivity contribution in [2.45, 2.75) is 39.7 Å². The predicted octanol–water partition coefficient (Wildman–Crippen LogP) is 1.56. The van der Waals surface area contributed by atoms with Crippen LogP contribution in [0.15, 0.2) is 0 Å². The molecule has 3 atom stereocenters. The Kier molecular flexibility index (Phi) is 1.51. The number of fused-ring (bicyclic) bond motifs is 3. The maximum Gasteiger partial charge on any atom is 0.220 e. The molecule has 1 amide bonds. The first-order valence-corrected chi connectivity index (χ1v) is 4.81. The van der Waals surface area contributed by atoms with Gasteiger partial charge in [0.05, 0.1) is 0 Å². The van der Waals surface area contributed by atoms with E-state index in [0.29, 0.717) is 17.4 Å². The van der Waals surface area contributed by atoms with E-state index >= 15 is 0 Å². The second kappa shape index (κ2) is 2.24. The third kappa shape index (κ3) is 0.900. The van der Waals surface area contributed by atoms with Crippen molar-refractivity contribution in [3.8, 4) is 0 Å². The second-order valence-electron chi connectivity index (χ2n) is 4.97. The Hall–Kier alpha value is -0.530. The number of rotatable bonds is 0. The van der Waals surface area contributed by atoms with Crippen molar-refractivity contribution in [3.05, 3.63) is 0 Å². The molecule has 0 aromatic carbocycles. The summed E-state index contributed by atoms with van der Waals surface area (Å²) in [5, 5.41) is 3.09. The van der Waals surface area contributed by atoms with Gasteiger partial charge >= 0.3 is 0 Å². The predicted molar refractivity (Wildman–Crippen MR) is 47.6 cm³/mol. The first-order valence-electron chi connectivity index (χ1n) is 4.81. The van der Waals surface area contributed by atoms with Gasteiger partial charge in [-0.05, 0) is 23.7 Å². The molecule has 3 rings (SSSR count). The molecule has 0 aromatic heterocycles. The fourth-order valence-electron chi connectivity index (χ4n) is 2.86. The van der Waals surface area contributed by atoms with Gasteiger partial charge in [0.25, 0.3) is 0 Å². The highest BCUT2D eigenvalue weighted by Gasteiger charge is 2.52. The van der Waals surface area contributed by atoms with E-state index in [9.17, 15) is 4.79 Å². The van der Waals surface area contributed by atoms with Crippen LogP contribution >= 0.6 is 0 Å². The number of carbonyl (C=O) groups excluding carboxylic acids is 1. The molecule has 2 nitrogen and oxygen atoms in total. The van der Waals surface area contributed by atoms with Crippen molar-refractivity contribution in [2.75, 3.05) is 0 Å². The Labute approximate surface area is 73.7 Å². The molecule has 0 unspecified atom stereocenters. The van der Waals surface area contributed by atoms with Crippen LogP contribution in [0.1, 0.15) is 33.6 Å². The highest BCUT2D eigenvalue weighted by Crippen LogP contribution is 2.52. The van der Waals surface area contributed by atoms with Gasteiger partial charge < -0.3 is 5.32 Å². The van der Waals surface area contributed by atoms with E-state index < -0.39 is 0 Å². The Morgan fingerprint density at radius 1 is 1.50 bits per heavy atom. The summed E-state index contributed by atoms with van der Waals surface area (Å²) in [6.07, 6.45) is 1.92. The molecule has 1 aliphatic carbocycles. The fraction of sp³-hybridized carbons (Fsp3) is 0.900. The number of carbonyl (C=O) groups is 1. The minimum Gasteiger partial charge on any atom is -0.353 e. The van der Waals surface area contributed by atoms with Gasteiger partial charge in [-0.25, -0.2) is 0 Å². The summed E-state index contributed by atoms with van der Waals surface area (Å²) < 4.78 is 0. The zero-order valence-corrected chi connectivity index (χ0v) is 8.05. The van der Waals surface area contributed by atoms with E-state index in [1.807, 2.05) is 0 Å². The maximum absolute atomic E-state index is 11.3. The lowest BCUT2D eigenvalue weighted by atomic mass is 9.55. The summed E-state index contributed by atoms with van der Waals surface area (Å²) in [5.41, 5.74) is 0.339. The van der Waals surface area contributed by atoms with Gasteiger partial charge in [0, 0.05) is 12.5 Å². The smallest absolute Gasteiger partial charge is 0.220 e. The van der Waals surface area contributed by atoms with Crippen molar-refractivity contribution >= 4 is 5.91 Å². The molecule has 2 heteroatoms. The summed E-state index contributed by atoms with van der Waals surface area (Å²) in [6, 6.07) is 0.444. The lowest BCUT2D eigenvalue weighted by Gasteiger charge is -2.52. The molecule has 0 radical (unpaired) electrons. The zero-order valence-electron chi connectivity index (χ0n) is 8.05. The van der Waals surface area contributed by atoms with E-state index in [0.717, 1.165) is 12.3 Å². The monoisotopic (exact) mass is 167 g/mol. The molecule has 12 heavy (non-hydrogen) atoms. The van der Waals surface area contributed by atoms with Crippen molar-refractivity contribution in [2.24, 2.45) is 17.3 Å². The summed E-state index contributed by atoms with van der Waals surface area (Å²) in [5.74, 6) is 1.57. The minimum absolute atomic E-state index is 0.251. The molecule has 0 spiro atoms. The highest BCUT2D eigenvalue weighted by atomic mass is 16.1. The quantitative estimate of drug-likeness (QED) is 0.583. The van der Waals surface area contributed by atoms with Crippen molar-refractivity contribution in [1.82, 2.24) is 5.32 Å². The highest BCUT2D eigenvalue weighted by molar-refractivity contribution is 5.77. The van der Waals surface area contributed by atoms with Crippen LogP contribution < -0.4 is 5.32 Å². The Morgan fingerprint density at radius 2 is 2.17 bits per heavy atom. The summed E-state index contributed by atoms with van der Waals surface area (Å²) in [7, 11) is 0. The maximum atomic E-state index is 11.3. The Balaban J connectivity index is 2.23. The van der Waals surface area contributed by atoms with Crippen LogP contribution in [-0.4, -0.2) is 11.9 Å². The fourth-order valence-corrected chi connectivity index (χ4v) is 2.86. The van der Waals surface area contributed by atoms with Gasteiger partial charge in [-0.3, -0.25) is 4.79 Å². The molecule has 1 saturated carbocycles. The van der Waals surface area contributed by atoms with Gasteiger partial charge in [0.15, 0.2) is 0 Å². The first-order chi connectivity index (χ1) is 5.51.